The zero-order chi connectivity index (χ0) is 18.7. The summed E-state index contributed by atoms with van der Waals surface area (Å²) in [7, 11) is -1.11. The van der Waals surface area contributed by atoms with Crippen molar-refractivity contribution < 1.29 is 17.6 Å². The molecule has 1 aliphatic rings. The highest BCUT2D eigenvalue weighted by Crippen LogP contribution is 2.23. The Labute approximate surface area is 155 Å². The lowest BCUT2D eigenvalue weighted by Crippen LogP contribution is -2.14. The summed E-state index contributed by atoms with van der Waals surface area (Å²) in [5.74, 6) is 0.771. The highest BCUT2D eigenvalue weighted by atomic mass is 32.2. The third kappa shape index (κ3) is 4.82. The zero-order valence-electron chi connectivity index (χ0n) is 14.2. The molecule has 0 saturated carbocycles. The summed E-state index contributed by atoms with van der Waals surface area (Å²) in [6, 6.07) is 5.55. The first-order chi connectivity index (χ1) is 12.3. The molecule has 2 heterocycles. The van der Waals surface area contributed by atoms with Gasteiger partial charge in [0.2, 0.25) is 5.91 Å². The first kappa shape index (κ1) is 18.8. The predicted molar refractivity (Wildman–Crippen MR) is 97.2 cm³/mol. The molecular formula is C16H19FN4O3S2. The van der Waals surface area contributed by atoms with Gasteiger partial charge in [-0.3, -0.25) is 4.79 Å². The third-order valence-electron chi connectivity index (χ3n) is 4.18. The summed E-state index contributed by atoms with van der Waals surface area (Å²) in [5.41, 5.74) is 0.526. The van der Waals surface area contributed by atoms with E-state index in [2.05, 4.69) is 15.5 Å². The molecule has 1 aliphatic heterocycles. The second-order valence-corrected chi connectivity index (χ2v) is 9.45. The molecule has 140 valence electrons. The lowest BCUT2D eigenvalue weighted by atomic mass is 10.1. The molecule has 0 bridgehead atoms. The van der Waals surface area contributed by atoms with Crippen molar-refractivity contribution in [2.24, 2.45) is 13.0 Å². The van der Waals surface area contributed by atoms with Gasteiger partial charge in [0.15, 0.2) is 15.0 Å². The van der Waals surface area contributed by atoms with E-state index in [1.807, 2.05) is 0 Å². The van der Waals surface area contributed by atoms with E-state index in [-0.39, 0.29) is 34.9 Å². The third-order valence-corrected chi connectivity index (χ3v) is 7.04. The maximum atomic E-state index is 12.9. The molecule has 1 atom stereocenters. The fourth-order valence-corrected chi connectivity index (χ4v) is 5.39. The Balaban J connectivity index is 1.53. The Morgan fingerprint density at radius 1 is 1.35 bits per heavy atom. The number of aromatic nitrogens is 3. The van der Waals surface area contributed by atoms with Crippen LogP contribution in [0.25, 0.3) is 0 Å². The lowest BCUT2D eigenvalue weighted by Gasteiger charge is -2.08. The molecule has 1 aromatic carbocycles. The van der Waals surface area contributed by atoms with Gasteiger partial charge in [0, 0.05) is 19.2 Å². The van der Waals surface area contributed by atoms with Crippen LogP contribution in [0.2, 0.25) is 0 Å². The zero-order valence-corrected chi connectivity index (χ0v) is 15.8. The molecule has 2 aromatic rings. The Hall–Kier alpha value is -1.94. The van der Waals surface area contributed by atoms with E-state index >= 15 is 0 Å². The van der Waals surface area contributed by atoms with Gasteiger partial charge in [-0.15, -0.1) is 10.2 Å². The van der Waals surface area contributed by atoms with E-state index in [1.165, 1.54) is 36.0 Å². The highest BCUT2D eigenvalue weighted by Gasteiger charge is 2.29. The Bertz CT molecular complexity index is 897. The highest BCUT2D eigenvalue weighted by molar-refractivity contribution is 7.99. The van der Waals surface area contributed by atoms with Gasteiger partial charge in [-0.25, -0.2) is 12.8 Å². The maximum Gasteiger partial charge on any atom is 0.234 e. The summed E-state index contributed by atoms with van der Waals surface area (Å²) >= 11 is 1.24. The SMILES string of the molecule is Cn1c(C[C@@H]2CCS(=O)(=O)C2)nnc1SCC(=O)Nc1ccc(F)cc1. The molecule has 1 amide bonds. The number of nitrogens with zero attached hydrogens (tertiary/aromatic N) is 3. The number of halogens is 1. The van der Waals surface area contributed by atoms with E-state index in [9.17, 15) is 17.6 Å². The molecule has 1 saturated heterocycles. The topological polar surface area (TPSA) is 93.9 Å². The van der Waals surface area contributed by atoms with Crippen molar-refractivity contribution >= 4 is 33.2 Å². The first-order valence-corrected chi connectivity index (χ1v) is 10.9. The summed E-state index contributed by atoms with van der Waals surface area (Å²) in [5, 5.41) is 11.5. The van der Waals surface area contributed by atoms with Crippen LogP contribution in [0.15, 0.2) is 29.4 Å². The van der Waals surface area contributed by atoms with Crippen LogP contribution in [-0.4, -0.2) is 46.3 Å². The van der Waals surface area contributed by atoms with Crippen LogP contribution in [0.3, 0.4) is 0 Å². The first-order valence-electron chi connectivity index (χ1n) is 8.09. The number of carbonyl (C=O) groups is 1. The van der Waals surface area contributed by atoms with Gasteiger partial charge >= 0.3 is 0 Å². The van der Waals surface area contributed by atoms with Crippen molar-refractivity contribution in [3.05, 3.63) is 35.9 Å². The number of sulfone groups is 1. The van der Waals surface area contributed by atoms with Crippen molar-refractivity contribution in [2.45, 2.75) is 18.0 Å². The van der Waals surface area contributed by atoms with Crippen molar-refractivity contribution in [1.29, 1.82) is 0 Å². The maximum absolute atomic E-state index is 12.9. The minimum Gasteiger partial charge on any atom is -0.325 e. The number of hydrogen-bond donors (Lipinski definition) is 1. The van der Waals surface area contributed by atoms with Gasteiger partial charge < -0.3 is 9.88 Å². The summed E-state index contributed by atoms with van der Waals surface area (Å²) in [4.78, 5) is 12.0. The van der Waals surface area contributed by atoms with E-state index in [0.29, 0.717) is 29.5 Å². The van der Waals surface area contributed by atoms with Crippen LogP contribution >= 0.6 is 11.8 Å². The number of carbonyl (C=O) groups excluding carboxylic acids is 1. The Kier molecular flexibility index (Phi) is 5.61. The molecular weight excluding hydrogens is 379 g/mol. The minimum absolute atomic E-state index is 0.0718. The monoisotopic (exact) mass is 398 g/mol. The smallest absolute Gasteiger partial charge is 0.234 e. The van der Waals surface area contributed by atoms with Crippen molar-refractivity contribution in [3.63, 3.8) is 0 Å². The molecule has 1 fully saturated rings. The standard InChI is InChI=1S/C16H19FN4O3S2/c1-21-14(8-11-6-7-26(23,24)10-11)19-20-16(21)25-9-15(22)18-13-4-2-12(17)3-5-13/h2-5,11H,6-10H2,1H3,(H,18,22)/t11-/m0/s1. The van der Waals surface area contributed by atoms with Crippen LogP contribution in [0, 0.1) is 11.7 Å². The predicted octanol–water partition coefficient (Wildman–Crippen LogP) is 1.66. The van der Waals surface area contributed by atoms with Crippen LogP contribution < -0.4 is 5.32 Å². The number of anilines is 1. The molecule has 0 radical (unpaired) electrons. The van der Waals surface area contributed by atoms with E-state index < -0.39 is 9.84 Å². The van der Waals surface area contributed by atoms with Crippen molar-refractivity contribution in [3.8, 4) is 0 Å². The molecule has 7 nitrogen and oxygen atoms in total. The number of hydrogen-bond acceptors (Lipinski definition) is 6. The molecule has 0 aliphatic carbocycles. The number of nitrogens with one attached hydrogen (secondary N) is 1. The number of thioether (sulfide) groups is 1. The van der Waals surface area contributed by atoms with Crippen molar-refractivity contribution in [1.82, 2.24) is 14.8 Å². The largest absolute Gasteiger partial charge is 0.325 e. The van der Waals surface area contributed by atoms with Gasteiger partial charge in [0.25, 0.3) is 0 Å². The molecule has 1 N–H and O–H groups in total. The minimum atomic E-state index is -2.91. The van der Waals surface area contributed by atoms with Crippen molar-refractivity contribution in [2.75, 3.05) is 22.6 Å². The summed E-state index contributed by atoms with van der Waals surface area (Å²) in [6.07, 6.45) is 1.21. The molecule has 26 heavy (non-hydrogen) atoms. The van der Waals surface area contributed by atoms with Crippen LogP contribution in [-0.2, 0) is 28.1 Å². The van der Waals surface area contributed by atoms with Gasteiger partial charge in [-0.1, -0.05) is 11.8 Å². The second kappa shape index (κ2) is 7.75. The average molecular weight is 398 g/mol. The number of benzene rings is 1. The van der Waals surface area contributed by atoms with Crippen LogP contribution in [0.5, 0.6) is 0 Å². The quantitative estimate of drug-likeness (QED) is 0.744. The van der Waals surface area contributed by atoms with Crippen LogP contribution in [0.1, 0.15) is 12.2 Å². The fraction of sp³-hybridized carbons (Fsp3) is 0.438. The molecule has 0 unspecified atom stereocenters. The van der Waals surface area contributed by atoms with Gasteiger partial charge in [-0.05, 0) is 36.6 Å². The van der Waals surface area contributed by atoms with Gasteiger partial charge in [0.1, 0.15) is 11.6 Å². The number of rotatable bonds is 6. The van der Waals surface area contributed by atoms with Gasteiger partial charge in [-0.2, -0.15) is 0 Å². The second-order valence-electron chi connectivity index (χ2n) is 6.27. The Morgan fingerprint density at radius 3 is 2.73 bits per heavy atom. The molecule has 10 heteroatoms. The average Bonchev–Trinajstić information content (AvgIpc) is 3.11. The summed E-state index contributed by atoms with van der Waals surface area (Å²) < 4.78 is 37.8. The molecule has 0 spiro atoms. The van der Waals surface area contributed by atoms with E-state index in [0.717, 1.165) is 0 Å². The Morgan fingerprint density at radius 2 is 2.08 bits per heavy atom. The number of amides is 1. The van der Waals surface area contributed by atoms with E-state index in [1.54, 1.807) is 11.6 Å². The van der Waals surface area contributed by atoms with Crippen LogP contribution in [0.4, 0.5) is 10.1 Å². The fourth-order valence-electron chi connectivity index (χ4n) is 2.80. The lowest BCUT2D eigenvalue weighted by molar-refractivity contribution is -0.113. The van der Waals surface area contributed by atoms with E-state index in [4.69, 9.17) is 0 Å². The normalized spacial score (nSPS) is 18.8. The molecule has 3 rings (SSSR count). The molecule has 1 aromatic heterocycles. The summed E-state index contributed by atoms with van der Waals surface area (Å²) in [6.45, 7) is 0. The van der Waals surface area contributed by atoms with Gasteiger partial charge in [0.05, 0.1) is 17.3 Å².